The first kappa shape index (κ1) is 26.2. The lowest BCUT2D eigenvalue weighted by molar-refractivity contribution is 0.0958. The molecule has 10 nitrogen and oxygen atoms in total. The molecule has 5 rings (SSSR count). The highest BCUT2D eigenvalue weighted by Gasteiger charge is 2.21. The van der Waals surface area contributed by atoms with Crippen LogP contribution in [0.25, 0.3) is 10.9 Å². The Labute approximate surface area is 228 Å². The average Bonchev–Trinajstić information content (AvgIpc) is 3.31. The molecule has 0 radical (unpaired) electrons. The molecule has 1 aliphatic rings. The van der Waals surface area contributed by atoms with E-state index >= 15 is 0 Å². The molecular weight excluding hydrogens is 490 g/mol. The second-order valence-electron chi connectivity index (χ2n) is 9.94. The lowest BCUT2D eigenvalue weighted by Gasteiger charge is -2.36. The van der Waals surface area contributed by atoms with Crippen LogP contribution in [0, 0.1) is 0 Å². The Kier molecular flexibility index (Phi) is 7.74. The van der Waals surface area contributed by atoms with E-state index in [4.69, 9.17) is 4.98 Å². The molecule has 0 atom stereocenters. The predicted octanol–water partition coefficient (Wildman–Crippen LogP) is 4.30. The van der Waals surface area contributed by atoms with Crippen LogP contribution < -0.4 is 20.9 Å². The van der Waals surface area contributed by atoms with Crippen molar-refractivity contribution in [3.05, 3.63) is 73.1 Å². The number of aryl methyl sites for hydroxylation is 1. The number of likely N-dealkylation sites (tertiary alicyclic amines) is 1. The van der Waals surface area contributed by atoms with E-state index in [9.17, 15) is 4.79 Å². The third kappa shape index (κ3) is 6.01. The van der Waals surface area contributed by atoms with Crippen LogP contribution in [0.2, 0.25) is 0 Å². The van der Waals surface area contributed by atoms with Gasteiger partial charge in [-0.1, -0.05) is 12.1 Å². The highest BCUT2D eigenvalue weighted by Crippen LogP contribution is 2.28. The second-order valence-corrected chi connectivity index (χ2v) is 9.94. The summed E-state index contributed by atoms with van der Waals surface area (Å²) in [5, 5.41) is 14.8. The van der Waals surface area contributed by atoms with Gasteiger partial charge >= 0.3 is 0 Å². The van der Waals surface area contributed by atoms with Crippen molar-refractivity contribution in [1.29, 1.82) is 0 Å². The fourth-order valence-electron chi connectivity index (χ4n) is 4.87. The standard InChI is InChI=1S/C29H35N9O/c1-5-13-30-28(39)25-19-31-29(34-22-9-10-26-20(16-22)18-32-38(26)4)35-27(25)33-21-7-6-8-24(17-21)37(3)23-11-14-36(2)15-12-23/h5-10,16-19,23H,1,11-15H2,2-4H3,(H,30,39)(H2,31,33,34,35). The molecule has 3 heterocycles. The number of benzene rings is 2. The number of nitrogens with one attached hydrogen (secondary N) is 3. The summed E-state index contributed by atoms with van der Waals surface area (Å²) in [6.07, 6.45) is 7.25. The van der Waals surface area contributed by atoms with Gasteiger partial charge in [0.05, 0.1) is 11.7 Å². The molecule has 3 N–H and O–H groups in total. The zero-order valence-corrected chi connectivity index (χ0v) is 22.7. The molecular formula is C29H35N9O. The molecule has 1 amide bonds. The first-order chi connectivity index (χ1) is 18.9. The summed E-state index contributed by atoms with van der Waals surface area (Å²) in [4.78, 5) is 26.7. The van der Waals surface area contributed by atoms with E-state index in [2.05, 4.69) is 68.6 Å². The summed E-state index contributed by atoms with van der Waals surface area (Å²) in [6.45, 7) is 6.23. The lowest BCUT2D eigenvalue weighted by Crippen LogP contribution is -2.41. The molecule has 10 heteroatoms. The van der Waals surface area contributed by atoms with Crippen molar-refractivity contribution < 1.29 is 4.79 Å². The third-order valence-corrected chi connectivity index (χ3v) is 7.19. The van der Waals surface area contributed by atoms with Crippen molar-refractivity contribution in [2.24, 2.45) is 7.05 Å². The number of piperidine rings is 1. The molecule has 1 saturated heterocycles. The maximum atomic E-state index is 12.9. The van der Waals surface area contributed by atoms with Crippen molar-refractivity contribution in [3.63, 3.8) is 0 Å². The average molecular weight is 526 g/mol. The molecule has 1 fully saturated rings. The van der Waals surface area contributed by atoms with E-state index in [1.54, 1.807) is 6.08 Å². The van der Waals surface area contributed by atoms with E-state index in [1.807, 2.05) is 48.3 Å². The first-order valence-electron chi connectivity index (χ1n) is 13.1. The topological polar surface area (TPSA) is 103 Å². The normalized spacial score (nSPS) is 14.2. The Balaban J connectivity index is 1.40. The minimum atomic E-state index is -0.277. The van der Waals surface area contributed by atoms with Crippen LogP contribution in [0.3, 0.4) is 0 Å². The number of rotatable bonds is 9. The summed E-state index contributed by atoms with van der Waals surface area (Å²) in [6, 6.07) is 14.6. The number of nitrogens with zero attached hydrogens (tertiary/aromatic N) is 6. The smallest absolute Gasteiger partial charge is 0.256 e. The van der Waals surface area contributed by atoms with Crippen LogP contribution in [0.5, 0.6) is 0 Å². The van der Waals surface area contributed by atoms with Gasteiger partial charge in [-0.15, -0.1) is 6.58 Å². The van der Waals surface area contributed by atoms with Gasteiger partial charge < -0.3 is 25.8 Å². The maximum absolute atomic E-state index is 12.9. The molecule has 2 aromatic heterocycles. The van der Waals surface area contributed by atoms with Gasteiger partial charge in [-0.3, -0.25) is 9.48 Å². The van der Waals surface area contributed by atoms with Gasteiger partial charge in [-0.2, -0.15) is 10.1 Å². The van der Waals surface area contributed by atoms with Crippen LogP contribution in [-0.2, 0) is 7.05 Å². The van der Waals surface area contributed by atoms with E-state index in [1.165, 1.54) is 6.20 Å². The highest BCUT2D eigenvalue weighted by molar-refractivity contribution is 5.99. The van der Waals surface area contributed by atoms with Crippen molar-refractivity contribution >= 4 is 45.6 Å². The molecule has 0 bridgehead atoms. The van der Waals surface area contributed by atoms with Crippen molar-refractivity contribution in [2.45, 2.75) is 18.9 Å². The Morgan fingerprint density at radius 2 is 1.90 bits per heavy atom. The fraction of sp³-hybridized carbons (Fsp3) is 0.310. The van der Waals surface area contributed by atoms with Crippen LogP contribution in [0.1, 0.15) is 23.2 Å². The Morgan fingerprint density at radius 3 is 2.69 bits per heavy atom. The van der Waals surface area contributed by atoms with E-state index < -0.39 is 0 Å². The van der Waals surface area contributed by atoms with Gasteiger partial charge in [0, 0.05) is 55.3 Å². The van der Waals surface area contributed by atoms with E-state index in [0.717, 1.165) is 53.9 Å². The largest absolute Gasteiger partial charge is 0.371 e. The van der Waals surface area contributed by atoms with Gasteiger partial charge in [-0.25, -0.2) is 4.98 Å². The maximum Gasteiger partial charge on any atom is 0.256 e. The SMILES string of the molecule is C=CCNC(=O)c1cnc(Nc2ccc3c(cnn3C)c2)nc1Nc1cccc(N(C)C2CCN(C)CC2)c1. The fourth-order valence-corrected chi connectivity index (χ4v) is 4.87. The first-order valence-corrected chi connectivity index (χ1v) is 13.1. The molecule has 0 saturated carbocycles. The van der Waals surface area contributed by atoms with E-state index in [0.29, 0.717) is 29.9 Å². The molecule has 202 valence electrons. The minimum absolute atomic E-state index is 0.277. The van der Waals surface area contributed by atoms with Crippen molar-refractivity contribution in [3.8, 4) is 0 Å². The highest BCUT2D eigenvalue weighted by atomic mass is 16.1. The number of hydrogen-bond donors (Lipinski definition) is 3. The summed E-state index contributed by atoms with van der Waals surface area (Å²) >= 11 is 0. The van der Waals surface area contributed by atoms with Crippen LogP contribution in [0.4, 0.5) is 28.8 Å². The molecule has 2 aromatic carbocycles. The lowest BCUT2D eigenvalue weighted by atomic mass is 10.0. The third-order valence-electron chi connectivity index (χ3n) is 7.19. The predicted molar refractivity (Wildman–Crippen MR) is 157 cm³/mol. The summed E-state index contributed by atoms with van der Waals surface area (Å²) in [7, 11) is 6.23. The van der Waals surface area contributed by atoms with Crippen molar-refractivity contribution in [2.75, 3.05) is 49.3 Å². The molecule has 1 aliphatic heterocycles. The summed E-state index contributed by atoms with van der Waals surface area (Å²) in [5.74, 6) is 0.511. The number of anilines is 5. The Hall–Kier alpha value is -4.44. The minimum Gasteiger partial charge on any atom is -0.371 e. The Morgan fingerprint density at radius 1 is 1.10 bits per heavy atom. The summed E-state index contributed by atoms with van der Waals surface area (Å²) < 4.78 is 1.83. The number of carbonyl (C=O) groups is 1. The number of amides is 1. The van der Waals surface area contributed by atoms with E-state index in [-0.39, 0.29) is 5.91 Å². The Bertz CT molecular complexity index is 1470. The van der Waals surface area contributed by atoms with Gasteiger partial charge in [0.1, 0.15) is 11.4 Å². The van der Waals surface area contributed by atoms with Gasteiger partial charge in [-0.05, 0) is 69.4 Å². The number of carbonyl (C=O) groups excluding carboxylic acids is 1. The monoisotopic (exact) mass is 525 g/mol. The number of hydrogen-bond acceptors (Lipinski definition) is 8. The molecule has 4 aromatic rings. The second kappa shape index (κ2) is 11.5. The number of aromatic nitrogens is 4. The van der Waals surface area contributed by atoms with Crippen LogP contribution in [0.15, 0.2) is 67.5 Å². The van der Waals surface area contributed by atoms with Crippen molar-refractivity contribution in [1.82, 2.24) is 30.0 Å². The van der Waals surface area contributed by atoms with Gasteiger partial charge in [0.15, 0.2) is 0 Å². The molecule has 0 spiro atoms. The molecule has 0 aliphatic carbocycles. The molecule has 0 unspecified atom stereocenters. The zero-order valence-electron chi connectivity index (χ0n) is 22.7. The zero-order chi connectivity index (χ0) is 27.4. The van der Waals surface area contributed by atoms with Gasteiger partial charge in [0.25, 0.3) is 5.91 Å². The van der Waals surface area contributed by atoms with Crippen LogP contribution in [-0.4, -0.2) is 70.3 Å². The van der Waals surface area contributed by atoms with Gasteiger partial charge in [0.2, 0.25) is 5.95 Å². The molecule has 39 heavy (non-hydrogen) atoms. The van der Waals surface area contributed by atoms with Crippen LogP contribution >= 0.6 is 0 Å². The summed E-state index contributed by atoms with van der Waals surface area (Å²) in [5.41, 5.74) is 4.16. The quantitative estimate of drug-likeness (QED) is 0.278. The number of fused-ring (bicyclic) bond motifs is 1.